The lowest BCUT2D eigenvalue weighted by molar-refractivity contribution is -0.113. The van der Waals surface area contributed by atoms with Crippen molar-refractivity contribution in [1.82, 2.24) is 9.55 Å². The van der Waals surface area contributed by atoms with Gasteiger partial charge in [-0.15, -0.1) is 11.3 Å². The van der Waals surface area contributed by atoms with E-state index in [1.165, 1.54) is 23.1 Å². The Morgan fingerprint density at radius 3 is 2.80 bits per heavy atom. The van der Waals surface area contributed by atoms with Gasteiger partial charge in [0.1, 0.15) is 4.70 Å². The quantitative estimate of drug-likeness (QED) is 0.366. The van der Waals surface area contributed by atoms with Gasteiger partial charge in [-0.2, -0.15) is 5.26 Å². The van der Waals surface area contributed by atoms with E-state index in [1.807, 2.05) is 47.8 Å². The predicted molar refractivity (Wildman–Crippen MR) is 120 cm³/mol. The van der Waals surface area contributed by atoms with E-state index >= 15 is 0 Å². The van der Waals surface area contributed by atoms with Crippen molar-refractivity contribution in [3.8, 4) is 6.07 Å². The lowest BCUT2D eigenvalue weighted by Crippen LogP contribution is -2.24. The van der Waals surface area contributed by atoms with E-state index in [0.29, 0.717) is 33.2 Å². The molecule has 1 N–H and O–H groups in total. The summed E-state index contributed by atoms with van der Waals surface area (Å²) in [6, 6.07) is 20.3. The molecule has 4 aromatic rings. The molecule has 8 heteroatoms. The average Bonchev–Trinajstić information content (AvgIpc) is 3.24. The molecule has 6 nitrogen and oxygen atoms in total. The minimum Gasteiger partial charge on any atom is -0.325 e. The van der Waals surface area contributed by atoms with Gasteiger partial charge >= 0.3 is 0 Å². The zero-order chi connectivity index (χ0) is 20.9. The van der Waals surface area contributed by atoms with Crippen molar-refractivity contribution in [2.75, 3.05) is 11.1 Å². The first-order valence-electron chi connectivity index (χ1n) is 9.09. The van der Waals surface area contributed by atoms with Gasteiger partial charge in [-0.1, -0.05) is 48.2 Å². The fraction of sp³-hybridized carbons (Fsp3) is 0.0909. The van der Waals surface area contributed by atoms with E-state index in [4.69, 9.17) is 5.26 Å². The molecule has 0 spiro atoms. The molecular formula is C22H16N4O2S2. The summed E-state index contributed by atoms with van der Waals surface area (Å²) < 4.78 is 2.22. The Balaban J connectivity index is 1.56. The number of carbonyl (C=O) groups excluding carboxylic acids is 1. The van der Waals surface area contributed by atoms with Crippen molar-refractivity contribution >= 4 is 44.9 Å². The highest BCUT2D eigenvalue weighted by Crippen LogP contribution is 2.22. The minimum absolute atomic E-state index is 0.0909. The van der Waals surface area contributed by atoms with Crippen LogP contribution in [0.3, 0.4) is 0 Å². The summed E-state index contributed by atoms with van der Waals surface area (Å²) in [5, 5.41) is 14.1. The highest BCUT2D eigenvalue weighted by Gasteiger charge is 2.15. The fourth-order valence-electron chi connectivity index (χ4n) is 2.93. The third kappa shape index (κ3) is 4.43. The molecule has 0 aliphatic heterocycles. The fourth-order valence-corrected chi connectivity index (χ4v) is 4.51. The van der Waals surface area contributed by atoms with Crippen LogP contribution in [0, 0.1) is 11.3 Å². The Bertz CT molecular complexity index is 1310. The van der Waals surface area contributed by atoms with Crippen LogP contribution in [0.4, 0.5) is 5.69 Å². The molecule has 0 bridgehead atoms. The van der Waals surface area contributed by atoms with Crippen LogP contribution in [0.15, 0.2) is 76.0 Å². The van der Waals surface area contributed by atoms with Gasteiger partial charge in [0.25, 0.3) is 5.56 Å². The maximum absolute atomic E-state index is 13.0. The third-order valence-electron chi connectivity index (χ3n) is 4.32. The highest BCUT2D eigenvalue weighted by molar-refractivity contribution is 7.99. The molecule has 0 saturated heterocycles. The van der Waals surface area contributed by atoms with E-state index in [-0.39, 0.29) is 17.2 Å². The van der Waals surface area contributed by atoms with Crippen LogP contribution in [0.25, 0.3) is 10.2 Å². The van der Waals surface area contributed by atoms with Crippen molar-refractivity contribution < 1.29 is 4.79 Å². The number of nitriles is 1. The Labute approximate surface area is 180 Å². The number of hydrogen-bond acceptors (Lipinski definition) is 6. The summed E-state index contributed by atoms with van der Waals surface area (Å²) in [5.41, 5.74) is 2.55. The zero-order valence-electron chi connectivity index (χ0n) is 15.7. The van der Waals surface area contributed by atoms with Crippen LogP contribution in [0.2, 0.25) is 0 Å². The van der Waals surface area contributed by atoms with Gasteiger partial charge in [-0.05, 0) is 35.2 Å². The number of amides is 1. The monoisotopic (exact) mass is 432 g/mol. The van der Waals surface area contributed by atoms with Crippen molar-refractivity contribution in [1.29, 1.82) is 5.26 Å². The van der Waals surface area contributed by atoms with Crippen LogP contribution < -0.4 is 10.9 Å². The Hall–Kier alpha value is -3.41. The third-order valence-corrected chi connectivity index (χ3v) is 6.19. The number of rotatable bonds is 6. The molecular weight excluding hydrogens is 416 g/mol. The van der Waals surface area contributed by atoms with E-state index in [2.05, 4.69) is 10.3 Å². The average molecular weight is 433 g/mol. The number of hydrogen-bond donors (Lipinski definition) is 1. The Kier molecular flexibility index (Phi) is 5.93. The first kappa shape index (κ1) is 19.9. The number of thiophene rings is 1. The smallest absolute Gasteiger partial charge is 0.272 e. The summed E-state index contributed by atoms with van der Waals surface area (Å²) in [6.45, 7) is 0.384. The molecule has 0 unspecified atom stereocenters. The second kappa shape index (κ2) is 8.95. The topological polar surface area (TPSA) is 87.8 Å². The number of thioether (sulfide) groups is 1. The molecule has 2 heterocycles. The number of nitrogens with one attached hydrogen (secondary N) is 1. The minimum atomic E-state index is -0.235. The van der Waals surface area contributed by atoms with Crippen molar-refractivity contribution in [3.63, 3.8) is 0 Å². The molecule has 0 saturated carbocycles. The molecule has 1 amide bonds. The molecule has 4 rings (SSSR count). The summed E-state index contributed by atoms with van der Waals surface area (Å²) in [5.74, 6) is -0.144. The lowest BCUT2D eigenvalue weighted by atomic mass is 10.2. The second-order valence-corrected chi connectivity index (χ2v) is 8.29. The molecule has 2 aromatic heterocycles. The maximum atomic E-state index is 13.0. The lowest BCUT2D eigenvalue weighted by Gasteiger charge is -2.12. The van der Waals surface area contributed by atoms with Gasteiger partial charge in [0.2, 0.25) is 5.91 Å². The standard InChI is InChI=1S/C22H16N4O2S2/c23-12-16-7-4-8-17(11-16)24-19(27)14-30-22-25-18-9-10-29-20(18)21(28)26(22)13-15-5-2-1-3-6-15/h1-11H,13-14H2,(H,24,27). The van der Waals surface area contributed by atoms with Crippen LogP contribution in [-0.4, -0.2) is 21.2 Å². The summed E-state index contributed by atoms with van der Waals surface area (Å²) in [4.78, 5) is 30.0. The van der Waals surface area contributed by atoms with Gasteiger partial charge in [-0.25, -0.2) is 4.98 Å². The SMILES string of the molecule is N#Cc1cccc(NC(=O)CSc2nc3ccsc3c(=O)n2Cc2ccccc2)c1. The summed E-state index contributed by atoms with van der Waals surface area (Å²) in [7, 11) is 0. The molecule has 0 fully saturated rings. The van der Waals surface area contributed by atoms with E-state index in [9.17, 15) is 9.59 Å². The number of nitrogens with zero attached hydrogens (tertiary/aromatic N) is 3. The maximum Gasteiger partial charge on any atom is 0.272 e. The first-order valence-corrected chi connectivity index (χ1v) is 11.0. The number of anilines is 1. The van der Waals surface area contributed by atoms with Crippen LogP contribution in [0.5, 0.6) is 0 Å². The zero-order valence-corrected chi connectivity index (χ0v) is 17.4. The van der Waals surface area contributed by atoms with Crippen molar-refractivity contribution in [2.45, 2.75) is 11.7 Å². The van der Waals surface area contributed by atoms with Gasteiger partial charge in [-0.3, -0.25) is 14.2 Å². The Morgan fingerprint density at radius 2 is 2.00 bits per heavy atom. The molecule has 148 valence electrons. The number of aromatic nitrogens is 2. The van der Waals surface area contributed by atoms with Gasteiger partial charge in [0.15, 0.2) is 5.16 Å². The van der Waals surface area contributed by atoms with Crippen molar-refractivity contribution in [2.24, 2.45) is 0 Å². The number of benzene rings is 2. The van der Waals surface area contributed by atoms with Gasteiger partial charge in [0.05, 0.1) is 29.4 Å². The first-order chi connectivity index (χ1) is 14.6. The highest BCUT2D eigenvalue weighted by atomic mass is 32.2. The molecule has 2 aromatic carbocycles. The predicted octanol–water partition coefficient (Wildman–Crippen LogP) is 4.11. The Morgan fingerprint density at radius 1 is 1.17 bits per heavy atom. The molecule has 0 aliphatic rings. The molecule has 0 atom stereocenters. The molecule has 30 heavy (non-hydrogen) atoms. The molecule has 0 radical (unpaired) electrons. The van der Waals surface area contributed by atoms with Crippen LogP contribution >= 0.6 is 23.1 Å². The largest absolute Gasteiger partial charge is 0.325 e. The van der Waals surface area contributed by atoms with Crippen molar-refractivity contribution in [3.05, 3.63) is 87.5 Å². The van der Waals surface area contributed by atoms with E-state index in [1.54, 1.807) is 28.8 Å². The summed E-state index contributed by atoms with van der Waals surface area (Å²) in [6.07, 6.45) is 0. The molecule has 0 aliphatic carbocycles. The van der Waals surface area contributed by atoms with Gasteiger partial charge in [0, 0.05) is 5.69 Å². The van der Waals surface area contributed by atoms with E-state index in [0.717, 1.165) is 5.56 Å². The van der Waals surface area contributed by atoms with E-state index < -0.39 is 0 Å². The number of carbonyl (C=O) groups is 1. The van der Waals surface area contributed by atoms with Gasteiger partial charge < -0.3 is 5.32 Å². The number of fused-ring (bicyclic) bond motifs is 1. The normalized spacial score (nSPS) is 10.6. The van der Waals surface area contributed by atoms with Crippen LogP contribution in [0.1, 0.15) is 11.1 Å². The van der Waals surface area contributed by atoms with Crippen LogP contribution in [-0.2, 0) is 11.3 Å². The second-order valence-electron chi connectivity index (χ2n) is 6.44. The summed E-state index contributed by atoms with van der Waals surface area (Å²) >= 11 is 2.58.